The van der Waals surface area contributed by atoms with Crippen molar-refractivity contribution in [2.75, 3.05) is 13.1 Å². The van der Waals surface area contributed by atoms with E-state index in [-0.39, 0.29) is 18.0 Å². The lowest BCUT2D eigenvalue weighted by molar-refractivity contribution is -0.131. The van der Waals surface area contributed by atoms with Gasteiger partial charge in [0.05, 0.1) is 5.52 Å². The maximum atomic E-state index is 13.0. The molecule has 3 rings (SSSR count). The summed E-state index contributed by atoms with van der Waals surface area (Å²) in [6, 6.07) is 5.68. The molecule has 8 heteroatoms. The molecule has 0 aliphatic carbocycles. The van der Waals surface area contributed by atoms with Crippen LogP contribution < -0.4 is 11.2 Å². The van der Waals surface area contributed by atoms with Crippen LogP contribution in [0.2, 0.25) is 0 Å². The standard InChI is InChI=1S/C18H21N3O3S2/c1-3-19(4-2)15(22)12-21-14-8-11-26-16(14)17(23)20(18(21)24)9-7-13-6-5-10-25-13/h5-6,8,10-11H,3-4,7,9,12H2,1-2H3. The first-order valence-electron chi connectivity index (χ1n) is 8.57. The summed E-state index contributed by atoms with van der Waals surface area (Å²) >= 11 is 2.91. The second kappa shape index (κ2) is 8.01. The fraction of sp³-hybridized carbons (Fsp3) is 0.389. The fourth-order valence-electron chi connectivity index (χ4n) is 2.97. The highest BCUT2D eigenvalue weighted by atomic mass is 32.1. The Morgan fingerprint density at radius 2 is 1.85 bits per heavy atom. The molecular weight excluding hydrogens is 370 g/mol. The number of hydrogen-bond donors (Lipinski definition) is 0. The summed E-state index contributed by atoms with van der Waals surface area (Å²) in [7, 11) is 0. The van der Waals surface area contributed by atoms with Gasteiger partial charge in [-0.05, 0) is 43.2 Å². The maximum Gasteiger partial charge on any atom is 0.332 e. The van der Waals surface area contributed by atoms with Crippen molar-refractivity contribution in [3.63, 3.8) is 0 Å². The number of nitrogens with zero attached hydrogens (tertiary/aromatic N) is 3. The van der Waals surface area contributed by atoms with Crippen LogP contribution in [0.3, 0.4) is 0 Å². The quantitative estimate of drug-likeness (QED) is 0.621. The van der Waals surface area contributed by atoms with E-state index in [0.29, 0.717) is 36.3 Å². The van der Waals surface area contributed by atoms with E-state index in [1.165, 1.54) is 20.5 Å². The number of amides is 1. The van der Waals surface area contributed by atoms with Crippen LogP contribution in [-0.4, -0.2) is 33.0 Å². The Morgan fingerprint density at radius 1 is 1.08 bits per heavy atom. The zero-order chi connectivity index (χ0) is 18.7. The SMILES string of the molecule is CCN(CC)C(=O)Cn1c(=O)n(CCc2cccs2)c(=O)c2sccc21. The molecule has 0 aromatic carbocycles. The Labute approximate surface area is 158 Å². The number of aryl methyl sites for hydroxylation is 1. The summed E-state index contributed by atoms with van der Waals surface area (Å²) in [5.74, 6) is -0.118. The lowest BCUT2D eigenvalue weighted by atomic mass is 10.3. The number of carbonyl (C=O) groups excluding carboxylic acids is 1. The Kier molecular flexibility index (Phi) is 5.73. The minimum atomic E-state index is -0.419. The molecule has 0 saturated carbocycles. The predicted octanol–water partition coefficient (Wildman–Crippen LogP) is 2.40. The monoisotopic (exact) mass is 391 g/mol. The number of aromatic nitrogens is 2. The molecule has 0 N–H and O–H groups in total. The first kappa shape index (κ1) is 18.6. The molecule has 0 aliphatic heterocycles. The molecule has 138 valence electrons. The third-order valence-corrected chi connectivity index (χ3v) is 6.24. The molecule has 3 aromatic rings. The third-order valence-electron chi connectivity index (χ3n) is 4.41. The molecule has 0 fully saturated rings. The van der Waals surface area contributed by atoms with E-state index < -0.39 is 5.69 Å². The van der Waals surface area contributed by atoms with Gasteiger partial charge < -0.3 is 4.90 Å². The van der Waals surface area contributed by atoms with Crippen LogP contribution in [0.1, 0.15) is 18.7 Å². The average Bonchev–Trinajstić information content (AvgIpc) is 3.31. The zero-order valence-electron chi connectivity index (χ0n) is 14.8. The number of hydrogen-bond acceptors (Lipinski definition) is 5. The molecule has 6 nitrogen and oxygen atoms in total. The molecule has 0 radical (unpaired) electrons. The summed E-state index contributed by atoms with van der Waals surface area (Å²) < 4.78 is 3.21. The lowest BCUT2D eigenvalue weighted by Crippen LogP contribution is -2.43. The van der Waals surface area contributed by atoms with E-state index in [1.807, 2.05) is 31.4 Å². The van der Waals surface area contributed by atoms with Gasteiger partial charge in [0.2, 0.25) is 5.91 Å². The largest absolute Gasteiger partial charge is 0.342 e. The summed E-state index contributed by atoms with van der Waals surface area (Å²) in [5.41, 5.74) is -0.154. The highest BCUT2D eigenvalue weighted by Gasteiger charge is 2.18. The van der Waals surface area contributed by atoms with Gasteiger partial charge in [0.25, 0.3) is 5.56 Å². The first-order valence-corrected chi connectivity index (χ1v) is 10.3. The van der Waals surface area contributed by atoms with Crippen molar-refractivity contribution in [2.45, 2.75) is 33.4 Å². The number of fused-ring (bicyclic) bond motifs is 1. The van der Waals surface area contributed by atoms with E-state index in [4.69, 9.17) is 0 Å². The van der Waals surface area contributed by atoms with E-state index in [9.17, 15) is 14.4 Å². The summed E-state index contributed by atoms with van der Waals surface area (Å²) in [4.78, 5) is 41.0. The molecular formula is C18H21N3O3S2. The van der Waals surface area contributed by atoms with Gasteiger partial charge in [-0.3, -0.25) is 18.7 Å². The van der Waals surface area contributed by atoms with Gasteiger partial charge in [-0.2, -0.15) is 0 Å². The molecule has 3 heterocycles. The molecule has 3 aromatic heterocycles. The number of thiophene rings is 2. The van der Waals surface area contributed by atoms with Gasteiger partial charge >= 0.3 is 5.69 Å². The van der Waals surface area contributed by atoms with Crippen molar-refractivity contribution in [1.82, 2.24) is 14.0 Å². The average molecular weight is 392 g/mol. The predicted molar refractivity (Wildman–Crippen MR) is 106 cm³/mol. The molecule has 0 atom stereocenters. The lowest BCUT2D eigenvalue weighted by Gasteiger charge is -2.20. The fourth-order valence-corrected chi connectivity index (χ4v) is 4.51. The van der Waals surface area contributed by atoms with Crippen molar-refractivity contribution in [3.8, 4) is 0 Å². The third kappa shape index (κ3) is 3.52. The topological polar surface area (TPSA) is 64.3 Å². The van der Waals surface area contributed by atoms with E-state index in [0.717, 1.165) is 4.88 Å². The van der Waals surface area contributed by atoms with Gasteiger partial charge in [-0.15, -0.1) is 22.7 Å². The van der Waals surface area contributed by atoms with Crippen LogP contribution in [0.25, 0.3) is 10.2 Å². The molecule has 0 saturated heterocycles. The maximum absolute atomic E-state index is 13.0. The Balaban J connectivity index is 2.02. The Hall–Kier alpha value is -2.19. The van der Waals surface area contributed by atoms with E-state index in [1.54, 1.807) is 27.7 Å². The number of carbonyl (C=O) groups is 1. The van der Waals surface area contributed by atoms with Crippen molar-refractivity contribution >= 4 is 38.8 Å². The van der Waals surface area contributed by atoms with Crippen molar-refractivity contribution < 1.29 is 4.79 Å². The van der Waals surface area contributed by atoms with Gasteiger partial charge in [0.1, 0.15) is 11.2 Å². The number of likely N-dealkylation sites (N-methyl/N-ethyl adjacent to an activating group) is 1. The highest BCUT2D eigenvalue weighted by Crippen LogP contribution is 2.16. The molecule has 0 spiro atoms. The first-order chi connectivity index (χ1) is 12.6. The number of rotatable bonds is 7. The zero-order valence-corrected chi connectivity index (χ0v) is 16.4. The van der Waals surface area contributed by atoms with E-state index >= 15 is 0 Å². The molecule has 1 amide bonds. The van der Waals surface area contributed by atoms with Crippen LogP contribution >= 0.6 is 22.7 Å². The van der Waals surface area contributed by atoms with Crippen LogP contribution in [0.5, 0.6) is 0 Å². The van der Waals surface area contributed by atoms with Crippen LogP contribution in [0, 0.1) is 0 Å². The second-order valence-electron chi connectivity index (χ2n) is 5.86. The molecule has 0 bridgehead atoms. The smallest absolute Gasteiger partial charge is 0.332 e. The van der Waals surface area contributed by atoms with Crippen molar-refractivity contribution in [1.29, 1.82) is 0 Å². The van der Waals surface area contributed by atoms with Crippen molar-refractivity contribution in [3.05, 3.63) is 54.7 Å². The van der Waals surface area contributed by atoms with E-state index in [2.05, 4.69) is 0 Å². The minimum absolute atomic E-state index is 0.0486. The van der Waals surface area contributed by atoms with Gasteiger partial charge in [-0.25, -0.2) is 4.79 Å². The van der Waals surface area contributed by atoms with Crippen LogP contribution in [0.15, 0.2) is 38.5 Å². The Morgan fingerprint density at radius 3 is 2.50 bits per heavy atom. The second-order valence-corrected chi connectivity index (χ2v) is 7.80. The summed E-state index contributed by atoms with van der Waals surface area (Å²) in [5, 5.41) is 3.76. The summed E-state index contributed by atoms with van der Waals surface area (Å²) in [6.45, 7) is 5.26. The van der Waals surface area contributed by atoms with Gasteiger partial charge in [0, 0.05) is 24.5 Å². The normalized spacial score (nSPS) is 11.2. The van der Waals surface area contributed by atoms with Crippen LogP contribution in [-0.2, 0) is 24.3 Å². The van der Waals surface area contributed by atoms with Crippen LogP contribution in [0.4, 0.5) is 0 Å². The molecule has 0 unspecified atom stereocenters. The molecule has 0 aliphatic rings. The van der Waals surface area contributed by atoms with Gasteiger partial charge in [0.15, 0.2) is 0 Å². The summed E-state index contributed by atoms with van der Waals surface area (Å²) in [6.07, 6.45) is 0.619. The molecule has 26 heavy (non-hydrogen) atoms. The Bertz CT molecular complexity index is 1010. The van der Waals surface area contributed by atoms with Gasteiger partial charge in [-0.1, -0.05) is 6.07 Å². The van der Waals surface area contributed by atoms with Crippen molar-refractivity contribution in [2.24, 2.45) is 0 Å². The minimum Gasteiger partial charge on any atom is -0.342 e. The highest BCUT2D eigenvalue weighted by molar-refractivity contribution is 7.17.